The van der Waals surface area contributed by atoms with E-state index in [4.69, 9.17) is 5.73 Å². The molecule has 20 heavy (non-hydrogen) atoms. The van der Waals surface area contributed by atoms with Crippen LogP contribution in [0.15, 0.2) is 18.2 Å². The van der Waals surface area contributed by atoms with Crippen LogP contribution in [-0.2, 0) is 0 Å². The number of nitrogens with one attached hydrogen (secondary N) is 1. The van der Waals surface area contributed by atoms with E-state index >= 15 is 0 Å². The summed E-state index contributed by atoms with van der Waals surface area (Å²) in [4.78, 5) is 11.9. The van der Waals surface area contributed by atoms with Crippen molar-refractivity contribution >= 4 is 11.6 Å². The van der Waals surface area contributed by atoms with E-state index in [0.29, 0.717) is 18.8 Å². The number of nitrogen functional groups attached to an aromatic ring is 1. The van der Waals surface area contributed by atoms with E-state index in [1.165, 1.54) is 12.1 Å². The molecule has 2 atom stereocenters. The third-order valence-corrected chi connectivity index (χ3v) is 3.91. The number of halogens is 1. The van der Waals surface area contributed by atoms with Crippen molar-refractivity contribution in [3.63, 3.8) is 0 Å². The zero-order valence-corrected chi connectivity index (χ0v) is 11.7. The first-order chi connectivity index (χ1) is 9.39. The number of carbonyl (C=O) groups excluding carboxylic acids is 1. The second-order valence-corrected chi connectivity index (χ2v) is 5.84. The van der Waals surface area contributed by atoms with Gasteiger partial charge in [-0.25, -0.2) is 4.39 Å². The van der Waals surface area contributed by atoms with Crippen LogP contribution in [0.25, 0.3) is 0 Å². The maximum Gasteiger partial charge on any atom is 0.251 e. The number of rotatable bonds is 3. The van der Waals surface area contributed by atoms with Crippen LogP contribution in [-0.4, -0.2) is 23.2 Å². The lowest BCUT2D eigenvalue weighted by Gasteiger charge is -2.35. The van der Waals surface area contributed by atoms with Gasteiger partial charge in [0.1, 0.15) is 5.82 Å². The van der Waals surface area contributed by atoms with Gasteiger partial charge in [0.2, 0.25) is 0 Å². The van der Waals surface area contributed by atoms with Gasteiger partial charge >= 0.3 is 0 Å². The van der Waals surface area contributed by atoms with E-state index in [1.807, 2.05) is 0 Å². The van der Waals surface area contributed by atoms with Crippen LogP contribution in [0.4, 0.5) is 10.1 Å². The monoisotopic (exact) mass is 280 g/mol. The summed E-state index contributed by atoms with van der Waals surface area (Å²) in [5, 5.41) is 13.1. The predicted molar refractivity (Wildman–Crippen MR) is 75.7 cm³/mol. The van der Waals surface area contributed by atoms with E-state index < -0.39 is 17.3 Å². The van der Waals surface area contributed by atoms with Crippen LogP contribution in [0.5, 0.6) is 0 Å². The van der Waals surface area contributed by atoms with E-state index in [0.717, 1.165) is 18.9 Å². The van der Waals surface area contributed by atoms with Gasteiger partial charge in [-0.2, -0.15) is 0 Å². The van der Waals surface area contributed by atoms with Gasteiger partial charge in [0.15, 0.2) is 0 Å². The fourth-order valence-corrected chi connectivity index (χ4v) is 2.81. The summed E-state index contributed by atoms with van der Waals surface area (Å²) in [6, 6.07) is 3.95. The van der Waals surface area contributed by atoms with Crippen molar-refractivity contribution in [2.75, 3.05) is 12.3 Å². The number of nitrogens with two attached hydrogens (primary N) is 1. The summed E-state index contributed by atoms with van der Waals surface area (Å²) in [5.74, 6) is -0.544. The molecule has 2 rings (SSSR count). The average molecular weight is 280 g/mol. The molecule has 5 heteroatoms. The van der Waals surface area contributed by atoms with Crippen molar-refractivity contribution in [3.05, 3.63) is 29.6 Å². The highest BCUT2D eigenvalue weighted by molar-refractivity contribution is 5.94. The van der Waals surface area contributed by atoms with E-state index in [1.54, 1.807) is 0 Å². The van der Waals surface area contributed by atoms with Gasteiger partial charge < -0.3 is 16.2 Å². The van der Waals surface area contributed by atoms with Crippen LogP contribution >= 0.6 is 0 Å². The number of aliphatic hydroxyl groups is 1. The Kier molecular flexibility index (Phi) is 4.28. The predicted octanol–water partition coefficient (Wildman–Crippen LogP) is 2.08. The minimum Gasteiger partial charge on any atom is -0.396 e. The molecule has 1 aromatic carbocycles. The molecule has 4 N–H and O–H groups in total. The molecule has 0 aromatic heterocycles. The van der Waals surface area contributed by atoms with Gasteiger partial charge in [0.05, 0.1) is 11.3 Å². The van der Waals surface area contributed by atoms with Crippen LogP contribution in [0, 0.1) is 11.7 Å². The summed E-state index contributed by atoms with van der Waals surface area (Å²) in [5.41, 5.74) is 4.75. The molecule has 1 fully saturated rings. The quantitative estimate of drug-likeness (QED) is 0.742. The SMILES string of the molecule is CC1CCCC(O)(CNC(=O)c2ccc(N)c(F)c2)C1. The smallest absolute Gasteiger partial charge is 0.251 e. The summed E-state index contributed by atoms with van der Waals surface area (Å²) >= 11 is 0. The molecule has 1 aliphatic rings. The number of anilines is 1. The molecular formula is C15H21FN2O2. The molecule has 1 aliphatic carbocycles. The van der Waals surface area contributed by atoms with Crippen LogP contribution in [0.3, 0.4) is 0 Å². The van der Waals surface area contributed by atoms with Gasteiger partial charge in [0.25, 0.3) is 5.91 Å². The van der Waals surface area contributed by atoms with Gasteiger partial charge in [-0.1, -0.05) is 19.8 Å². The van der Waals surface area contributed by atoms with Crippen molar-refractivity contribution in [2.24, 2.45) is 5.92 Å². The maximum atomic E-state index is 13.3. The third-order valence-electron chi connectivity index (χ3n) is 3.91. The zero-order chi connectivity index (χ0) is 14.8. The summed E-state index contributed by atoms with van der Waals surface area (Å²) in [6.07, 6.45) is 3.45. The Labute approximate surface area is 118 Å². The second kappa shape index (κ2) is 5.79. The molecule has 0 saturated heterocycles. The molecule has 1 aromatic rings. The lowest BCUT2D eigenvalue weighted by Crippen LogP contribution is -2.45. The van der Waals surface area contributed by atoms with Crippen molar-refractivity contribution in [1.82, 2.24) is 5.32 Å². The Bertz CT molecular complexity index is 507. The number of hydrogen-bond acceptors (Lipinski definition) is 3. The molecule has 0 spiro atoms. The first-order valence-corrected chi connectivity index (χ1v) is 6.95. The number of benzene rings is 1. The zero-order valence-electron chi connectivity index (χ0n) is 11.7. The third kappa shape index (κ3) is 3.48. The molecule has 110 valence electrons. The molecule has 1 amide bonds. The molecule has 4 nitrogen and oxygen atoms in total. The minimum atomic E-state index is -0.848. The van der Waals surface area contributed by atoms with Gasteiger partial charge in [-0.15, -0.1) is 0 Å². The summed E-state index contributed by atoms with van der Waals surface area (Å²) in [6.45, 7) is 2.30. The molecule has 1 saturated carbocycles. The molecule has 0 aliphatic heterocycles. The molecule has 0 radical (unpaired) electrons. The normalized spacial score (nSPS) is 26.2. The Morgan fingerprint density at radius 1 is 1.60 bits per heavy atom. The van der Waals surface area contributed by atoms with Gasteiger partial charge in [0, 0.05) is 12.1 Å². The van der Waals surface area contributed by atoms with E-state index in [2.05, 4.69) is 12.2 Å². The Balaban J connectivity index is 1.96. The maximum absolute atomic E-state index is 13.3. The molecule has 0 heterocycles. The van der Waals surface area contributed by atoms with Crippen molar-refractivity contribution < 1.29 is 14.3 Å². The van der Waals surface area contributed by atoms with Crippen LogP contribution in [0.1, 0.15) is 43.0 Å². The molecular weight excluding hydrogens is 259 g/mol. The lowest BCUT2D eigenvalue weighted by atomic mass is 9.79. The Hall–Kier alpha value is -1.62. The van der Waals surface area contributed by atoms with Gasteiger partial charge in [-0.3, -0.25) is 4.79 Å². The topological polar surface area (TPSA) is 75.3 Å². The summed E-state index contributed by atoms with van der Waals surface area (Å²) < 4.78 is 13.3. The highest BCUT2D eigenvalue weighted by atomic mass is 19.1. The van der Waals surface area contributed by atoms with Gasteiger partial charge in [-0.05, 0) is 37.0 Å². The highest BCUT2D eigenvalue weighted by Gasteiger charge is 2.32. The van der Waals surface area contributed by atoms with Crippen molar-refractivity contribution in [2.45, 2.75) is 38.2 Å². The van der Waals surface area contributed by atoms with Crippen molar-refractivity contribution in [3.8, 4) is 0 Å². The molecule has 0 bridgehead atoms. The number of hydrogen-bond donors (Lipinski definition) is 3. The standard InChI is InChI=1S/C15H21FN2O2/c1-10-3-2-6-15(20,8-10)9-18-14(19)11-4-5-13(17)12(16)7-11/h4-5,7,10,20H,2-3,6,8-9,17H2,1H3,(H,18,19). The largest absolute Gasteiger partial charge is 0.396 e. The van der Waals surface area contributed by atoms with E-state index in [-0.39, 0.29) is 17.8 Å². The lowest BCUT2D eigenvalue weighted by molar-refractivity contribution is -0.0109. The molecule has 2 unspecified atom stereocenters. The number of amides is 1. The van der Waals surface area contributed by atoms with Crippen LogP contribution < -0.4 is 11.1 Å². The first kappa shape index (κ1) is 14.8. The Morgan fingerprint density at radius 3 is 3.00 bits per heavy atom. The average Bonchev–Trinajstić information content (AvgIpc) is 2.39. The van der Waals surface area contributed by atoms with Crippen molar-refractivity contribution in [1.29, 1.82) is 0 Å². The fraction of sp³-hybridized carbons (Fsp3) is 0.533. The van der Waals surface area contributed by atoms with Crippen LogP contribution in [0.2, 0.25) is 0 Å². The Morgan fingerprint density at radius 2 is 2.35 bits per heavy atom. The highest BCUT2D eigenvalue weighted by Crippen LogP contribution is 2.31. The van der Waals surface area contributed by atoms with E-state index in [9.17, 15) is 14.3 Å². The summed E-state index contributed by atoms with van der Waals surface area (Å²) in [7, 11) is 0. The first-order valence-electron chi connectivity index (χ1n) is 6.95. The number of carbonyl (C=O) groups is 1. The fourth-order valence-electron chi connectivity index (χ4n) is 2.81. The second-order valence-electron chi connectivity index (χ2n) is 5.84. The minimum absolute atomic E-state index is 0.0151.